The van der Waals surface area contributed by atoms with Gasteiger partial charge in [0.25, 0.3) is 0 Å². The number of methoxy groups -OCH3 is 1. The minimum Gasteiger partial charge on any atom is -0.504 e. The molecule has 0 atom stereocenters. The first-order chi connectivity index (χ1) is 8.90. The van der Waals surface area contributed by atoms with Crippen molar-refractivity contribution in [2.24, 2.45) is 0 Å². The standard InChI is InChI=1S/C12H18ClNO4S/c1-14(19(16,17)7-3-6-13)9-10-4-5-11(15)12(8-10)18-2/h4-5,8,15H,3,6-7,9H2,1-2H3. The Balaban J connectivity index is 2.79. The number of phenols is 1. The zero-order valence-electron chi connectivity index (χ0n) is 11.0. The van der Waals surface area contributed by atoms with Gasteiger partial charge in [0.2, 0.25) is 10.0 Å². The number of sulfonamides is 1. The number of halogens is 1. The van der Waals surface area contributed by atoms with Crippen LogP contribution in [0.4, 0.5) is 0 Å². The zero-order valence-corrected chi connectivity index (χ0v) is 12.5. The van der Waals surface area contributed by atoms with E-state index in [9.17, 15) is 13.5 Å². The van der Waals surface area contributed by atoms with Crippen LogP contribution in [0.3, 0.4) is 0 Å². The number of hydrogen-bond donors (Lipinski definition) is 1. The molecule has 0 aliphatic rings. The van der Waals surface area contributed by atoms with E-state index in [1.807, 2.05) is 0 Å². The molecule has 0 fully saturated rings. The van der Waals surface area contributed by atoms with Gasteiger partial charge in [0.1, 0.15) is 0 Å². The molecule has 0 radical (unpaired) electrons. The Morgan fingerprint density at radius 3 is 2.68 bits per heavy atom. The third-order valence-electron chi connectivity index (χ3n) is 2.66. The first-order valence-electron chi connectivity index (χ1n) is 5.76. The van der Waals surface area contributed by atoms with E-state index >= 15 is 0 Å². The van der Waals surface area contributed by atoms with Gasteiger partial charge in [-0.05, 0) is 24.1 Å². The maximum atomic E-state index is 11.9. The van der Waals surface area contributed by atoms with Crippen LogP contribution in [0.1, 0.15) is 12.0 Å². The summed E-state index contributed by atoms with van der Waals surface area (Å²) in [6.07, 6.45) is 0.424. The Bertz CT molecular complexity index is 518. The largest absolute Gasteiger partial charge is 0.504 e. The van der Waals surface area contributed by atoms with Crippen LogP contribution in [0, 0.1) is 0 Å². The van der Waals surface area contributed by atoms with E-state index in [1.54, 1.807) is 12.1 Å². The predicted molar refractivity (Wildman–Crippen MR) is 75.2 cm³/mol. The molecule has 0 saturated carbocycles. The van der Waals surface area contributed by atoms with E-state index in [2.05, 4.69) is 0 Å². The average molecular weight is 308 g/mol. The lowest BCUT2D eigenvalue weighted by Gasteiger charge is -2.17. The predicted octanol–water partition coefficient (Wildman–Crippen LogP) is 1.79. The summed E-state index contributed by atoms with van der Waals surface area (Å²) in [5.41, 5.74) is 0.742. The van der Waals surface area contributed by atoms with E-state index < -0.39 is 10.0 Å². The van der Waals surface area contributed by atoms with E-state index in [0.29, 0.717) is 18.1 Å². The van der Waals surface area contributed by atoms with Crippen molar-refractivity contribution < 1.29 is 18.3 Å². The number of aromatic hydroxyl groups is 1. The van der Waals surface area contributed by atoms with Crippen LogP contribution < -0.4 is 4.74 Å². The number of alkyl halides is 1. The van der Waals surface area contributed by atoms with Crippen molar-refractivity contribution in [1.29, 1.82) is 0 Å². The van der Waals surface area contributed by atoms with Crippen LogP contribution in [0.25, 0.3) is 0 Å². The van der Waals surface area contributed by atoms with Gasteiger partial charge in [0, 0.05) is 19.5 Å². The molecule has 7 heteroatoms. The van der Waals surface area contributed by atoms with Crippen LogP contribution >= 0.6 is 11.6 Å². The van der Waals surface area contributed by atoms with Gasteiger partial charge in [0.15, 0.2) is 11.5 Å². The van der Waals surface area contributed by atoms with Crippen molar-refractivity contribution >= 4 is 21.6 Å². The fourth-order valence-electron chi connectivity index (χ4n) is 1.57. The molecule has 19 heavy (non-hydrogen) atoms. The molecular weight excluding hydrogens is 290 g/mol. The molecule has 1 aromatic rings. The van der Waals surface area contributed by atoms with Crippen molar-refractivity contribution in [3.8, 4) is 11.5 Å². The quantitative estimate of drug-likeness (QED) is 0.780. The Hall–Kier alpha value is -0.980. The summed E-state index contributed by atoms with van der Waals surface area (Å²) < 4.78 is 30.1. The van der Waals surface area contributed by atoms with Gasteiger partial charge in [-0.1, -0.05) is 6.07 Å². The first kappa shape index (κ1) is 16.1. The van der Waals surface area contributed by atoms with Crippen LogP contribution in [0.5, 0.6) is 11.5 Å². The van der Waals surface area contributed by atoms with Crippen molar-refractivity contribution in [2.75, 3.05) is 25.8 Å². The molecular formula is C12H18ClNO4S. The minimum atomic E-state index is -3.30. The Labute approximate surface area is 118 Å². The molecule has 5 nitrogen and oxygen atoms in total. The molecule has 0 spiro atoms. The summed E-state index contributed by atoms with van der Waals surface area (Å²) in [6, 6.07) is 4.75. The molecule has 0 heterocycles. The fourth-order valence-corrected chi connectivity index (χ4v) is 3.03. The summed E-state index contributed by atoms with van der Waals surface area (Å²) >= 11 is 5.50. The fraction of sp³-hybridized carbons (Fsp3) is 0.500. The SMILES string of the molecule is COc1cc(CN(C)S(=O)(=O)CCCCl)ccc1O. The maximum Gasteiger partial charge on any atom is 0.214 e. The van der Waals surface area contributed by atoms with Gasteiger partial charge in [0.05, 0.1) is 12.9 Å². The van der Waals surface area contributed by atoms with Crippen molar-refractivity contribution in [1.82, 2.24) is 4.31 Å². The number of ether oxygens (including phenoxy) is 1. The molecule has 0 unspecified atom stereocenters. The van der Waals surface area contributed by atoms with Crippen LogP contribution in [-0.2, 0) is 16.6 Å². The molecule has 108 valence electrons. The molecule has 0 aromatic heterocycles. The molecule has 1 aromatic carbocycles. The lowest BCUT2D eigenvalue weighted by molar-refractivity contribution is 0.372. The normalized spacial score (nSPS) is 11.8. The number of nitrogens with zero attached hydrogens (tertiary/aromatic N) is 1. The van der Waals surface area contributed by atoms with Gasteiger partial charge in [-0.3, -0.25) is 0 Å². The van der Waals surface area contributed by atoms with Gasteiger partial charge in [-0.2, -0.15) is 0 Å². The lowest BCUT2D eigenvalue weighted by Crippen LogP contribution is -2.29. The summed E-state index contributed by atoms with van der Waals surface area (Å²) in [6.45, 7) is 0.223. The molecule has 0 saturated heterocycles. The monoisotopic (exact) mass is 307 g/mol. The lowest BCUT2D eigenvalue weighted by atomic mass is 10.2. The van der Waals surface area contributed by atoms with Crippen LogP contribution in [0.15, 0.2) is 18.2 Å². The van der Waals surface area contributed by atoms with Gasteiger partial charge >= 0.3 is 0 Å². The number of phenolic OH excluding ortho intramolecular Hbond substituents is 1. The second-order valence-corrected chi connectivity index (χ2v) is 6.69. The van der Waals surface area contributed by atoms with E-state index in [0.717, 1.165) is 5.56 Å². The Kier molecular flexibility index (Phi) is 5.90. The maximum absolute atomic E-state index is 11.9. The first-order valence-corrected chi connectivity index (χ1v) is 7.91. The van der Waals surface area contributed by atoms with E-state index in [-0.39, 0.29) is 18.0 Å². The van der Waals surface area contributed by atoms with E-state index in [4.69, 9.17) is 16.3 Å². The third-order valence-corrected chi connectivity index (χ3v) is 4.81. The Morgan fingerprint density at radius 1 is 1.42 bits per heavy atom. The molecule has 1 rings (SSSR count). The topological polar surface area (TPSA) is 66.8 Å². The highest BCUT2D eigenvalue weighted by Crippen LogP contribution is 2.26. The molecule has 0 aliphatic heterocycles. The highest BCUT2D eigenvalue weighted by atomic mass is 35.5. The second-order valence-electron chi connectivity index (χ2n) is 4.12. The summed E-state index contributed by atoms with van der Waals surface area (Å²) in [7, 11) is -0.344. The number of rotatable bonds is 7. The number of hydrogen-bond acceptors (Lipinski definition) is 4. The average Bonchev–Trinajstić information content (AvgIpc) is 2.38. The van der Waals surface area contributed by atoms with Gasteiger partial charge in [-0.15, -0.1) is 11.6 Å². The summed E-state index contributed by atoms with van der Waals surface area (Å²) in [4.78, 5) is 0. The van der Waals surface area contributed by atoms with Crippen LogP contribution in [-0.4, -0.2) is 43.6 Å². The van der Waals surface area contributed by atoms with Crippen molar-refractivity contribution in [3.05, 3.63) is 23.8 Å². The third kappa shape index (κ3) is 4.56. The molecule has 0 amide bonds. The molecule has 1 N–H and O–H groups in total. The number of benzene rings is 1. The minimum absolute atomic E-state index is 0.0268. The second kappa shape index (κ2) is 6.98. The summed E-state index contributed by atoms with van der Waals surface area (Å²) in [5, 5.41) is 9.47. The van der Waals surface area contributed by atoms with Crippen molar-refractivity contribution in [2.45, 2.75) is 13.0 Å². The molecule has 0 bridgehead atoms. The van der Waals surface area contributed by atoms with Crippen LogP contribution in [0.2, 0.25) is 0 Å². The summed E-state index contributed by atoms with van der Waals surface area (Å²) in [5.74, 6) is 0.699. The van der Waals surface area contributed by atoms with Gasteiger partial charge in [-0.25, -0.2) is 12.7 Å². The Morgan fingerprint density at radius 2 is 2.11 bits per heavy atom. The van der Waals surface area contributed by atoms with E-state index in [1.165, 1.54) is 24.5 Å². The molecule has 0 aliphatic carbocycles. The zero-order chi connectivity index (χ0) is 14.5. The highest BCUT2D eigenvalue weighted by molar-refractivity contribution is 7.89. The smallest absolute Gasteiger partial charge is 0.214 e. The highest BCUT2D eigenvalue weighted by Gasteiger charge is 2.17. The van der Waals surface area contributed by atoms with Crippen molar-refractivity contribution in [3.63, 3.8) is 0 Å². The van der Waals surface area contributed by atoms with Gasteiger partial charge < -0.3 is 9.84 Å².